The largest absolute Gasteiger partial charge is 0.738 e. The average molecular weight is 368 g/mol. The minimum Gasteiger partial charge on any atom is -0.460 e. The Morgan fingerprint density at radius 3 is 2.42 bits per heavy atom. The van der Waals surface area contributed by atoms with Crippen LogP contribution in [0, 0.1) is 13.8 Å². The molecule has 5 heterocycles. The van der Waals surface area contributed by atoms with Crippen molar-refractivity contribution in [2.45, 2.75) is 20.0 Å². The SMILES string of the molecule is Cc1cc2c(o1)=CC1=C(C(F)(F)F)c3cc4oc(C)cc4n3[B-](F)(F)[N+]=21. The number of halogens is 5. The third kappa shape index (κ3) is 1.71. The predicted octanol–water partition coefficient (Wildman–Crippen LogP) is 2.94. The lowest BCUT2D eigenvalue weighted by molar-refractivity contribution is -0.0699. The summed E-state index contributed by atoms with van der Waals surface area (Å²) < 4.78 is 83.7. The van der Waals surface area contributed by atoms with Gasteiger partial charge in [-0.05, 0) is 13.8 Å². The molecule has 0 fully saturated rings. The molecule has 0 radical (unpaired) electrons. The smallest absolute Gasteiger partial charge is 0.460 e. The van der Waals surface area contributed by atoms with Gasteiger partial charge in [0.25, 0.3) is 0 Å². The van der Waals surface area contributed by atoms with Gasteiger partial charge in [-0.1, -0.05) is 0 Å². The van der Waals surface area contributed by atoms with E-state index in [0.29, 0.717) is 20.5 Å². The first-order valence-electron chi connectivity index (χ1n) is 7.79. The average Bonchev–Trinajstić information content (AvgIpc) is 3.14. The number of aromatic nitrogens is 1. The monoisotopic (exact) mass is 368 g/mol. The number of allylic oxidation sites excluding steroid dienone is 2. The van der Waals surface area contributed by atoms with Gasteiger partial charge in [0.15, 0.2) is 11.1 Å². The van der Waals surface area contributed by atoms with E-state index in [0.717, 1.165) is 12.1 Å². The van der Waals surface area contributed by atoms with E-state index in [1.807, 2.05) is 0 Å². The zero-order valence-corrected chi connectivity index (χ0v) is 13.5. The fourth-order valence-electron chi connectivity index (χ4n) is 3.86. The van der Waals surface area contributed by atoms with Crippen LogP contribution in [-0.2, 0) is 0 Å². The van der Waals surface area contributed by atoms with Crippen LogP contribution in [0.25, 0.3) is 22.7 Å². The van der Waals surface area contributed by atoms with Gasteiger partial charge < -0.3 is 26.4 Å². The van der Waals surface area contributed by atoms with Crippen molar-refractivity contribution >= 4 is 29.7 Å². The Morgan fingerprint density at radius 2 is 1.73 bits per heavy atom. The minimum absolute atomic E-state index is 0.00817. The van der Waals surface area contributed by atoms with Crippen LogP contribution in [-0.4, -0.2) is 17.6 Å². The second-order valence-electron chi connectivity index (χ2n) is 6.47. The molecule has 0 bridgehead atoms. The van der Waals surface area contributed by atoms with Crippen LogP contribution in [0.5, 0.6) is 0 Å². The number of aryl methyl sites for hydroxylation is 2. The first-order valence-corrected chi connectivity index (χ1v) is 7.79. The summed E-state index contributed by atoms with van der Waals surface area (Å²) in [4.78, 5) is 0. The maximum absolute atomic E-state index is 15.4. The highest BCUT2D eigenvalue weighted by Crippen LogP contribution is 2.45. The molecular formula is C16H10BF5N2O2. The third-order valence-corrected chi connectivity index (χ3v) is 4.72. The van der Waals surface area contributed by atoms with E-state index in [9.17, 15) is 13.2 Å². The molecule has 2 aliphatic heterocycles. The molecule has 3 aromatic heterocycles. The predicted molar refractivity (Wildman–Crippen MR) is 83.7 cm³/mol. The summed E-state index contributed by atoms with van der Waals surface area (Å²) in [7, 11) is 0. The zero-order chi connectivity index (χ0) is 18.6. The van der Waals surface area contributed by atoms with Crippen LogP contribution < -0.4 is 15.3 Å². The number of nitrogens with zero attached hydrogens (tertiary/aromatic N) is 2. The van der Waals surface area contributed by atoms with Gasteiger partial charge in [0.1, 0.15) is 22.7 Å². The molecule has 10 heteroatoms. The Hall–Kier alpha value is -2.78. The Balaban J connectivity index is 2.01. The topological polar surface area (TPSA) is 34.2 Å². The van der Waals surface area contributed by atoms with Gasteiger partial charge in [-0.2, -0.15) is 13.2 Å². The second kappa shape index (κ2) is 4.31. The maximum atomic E-state index is 15.4. The molecule has 0 amide bonds. The van der Waals surface area contributed by atoms with Crippen LogP contribution >= 0.6 is 0 Å². The summed E-state index contributed by atoms with van der Waals surface area (Å²) in [5.41, 5.74) is -2.45. The quantitative estimate of drug-likeness (QED) is 0.452. The number of hydrogen-bond donors (Lipinski definition) is 0. The fourth-order valence-corrected chi connectivity index (χ4v) is 3.86. The lowest BCUT2D eigenvalue weighted by Crippen LogP contribution is -2.57. The van der Waals surface area contributed by atoms with Crippen molar-refractivity contribution in [2.75, 3.05) is 0 Å². The summed E-state index contributed by atoms with van der Waals surface area (Å²) in [6.07, 6.45) is -3.82. The van der Waals surface area contributed by atoms with Crippen molar-refractivity contribution in [1.82, 2.24) is 8.96 Å². The molecule has 0 aliphatic carbocycles. The lowest BCUT2D eigenvalue weighted by atomic mass is 9.88. The summed E-state index contributed by atoms with van der Waals surface area (Å²) in [5, 5.41) is -0.0723. The van der Waals surface area contributed by atoms with E-state index < -0.39 is 30.1 Å². The second-order valence-corrected chi connectivity index (χ2v) is 6.47. The molecule has 0 spiro atoms. The van der Waals surface area contributed by atoms with Crippen molar-refractivity contribution in [3.05, 3.63) is 51.9 Å². The summed E-state index contributed by atoms with van der Waals surface area (Å²) in [6.45, 7) is -1.47. The molecular weight excluding hydrogens is 358 g/mol. The highest BCUT2D eigenvalue weighted by Gasteiger charge is 2.58. The molecule has 0 saturated carbocycles. The van der Waals surface area contributed by atoms with Crippen molar-refractivity contribution < 1.29 is 30.6 Å². The molecule has 2 aliphatic rings. The first kappa shape index (κ1) is 15.5. The summed E-state index contributed by atoms with van der Waals surface area (Å²) in [5.74, 6) is 0.682. The van der Waals surface area contributed by atoms with Gasteiger partial charge >= 0.3 is 13.1 Å². The molecule has 0 N–H and O–H groups in total. The zero-order valence-electron chi connectivity index (χ0n) is 13.5. The number of alkyl halides is 3. The Bertz CT molecular complexity index is 1270. The van der Waals surface area contributed by atoms with Gasteiger partial charge in [0.05, 0.1) is 11.6 Å². The van der Waals surface area contributed by atoms with E-state index in [1.165, 1.54) is 12.1 Å². The highest BCUT2D eigenvalue weighted by atomic mass is 19.4. The minimum atomic E-state index is -4.84. The number of rotatable bonds is 0. The van der Waals surface area contributed by atoms with Crippen molar-refractivity contribution in [3.63, 3.8) is 0 Å². The molecule has 0 atom stereocenters. The summed E-state index contributed by atoms with van der Waals surface area (Å²) >= 11 is 0. The number of fused-ring (bicyclic) bond motifs is 5. The molecule has 0 unspecified atom stereocenters. The Kier molecular flexibility index (Phi) is 2.56. The summed E-state index contributed by atoms with van der Waals surface area (Å²) in [6, 6.07) is 3.65. The molecule has 0 saturated heterocycles. The first-order chi connectivity index (χ1) is 12.1. The van der Waals surface area contributed by atoms with Gasteiger partial charge in [-0.3, -0.25) is 0 Å². The Morgan fingerprint density at radius 1 is 1.04 bits per heavy atom. The van der Waals surface area contributed by atoms with Gasteiger partial charge in [0, 0.05) is 23.9 Å². The van der Waals surface area contributed by atoms with E-state index >= 15 is 8.63 Å². The fraction of sp³-hybridized carbons (Fsp3) is 0.188. The maximum Gasteiger partial charge on any atom is 0.738 e. The van der Waals surface area contributed by atoms with Gasteiger partial charge in [-0.25, -0.2) is 0 Å². The number of furan rings is 2. The molecule has 134 valence electrons. The molecule has 0 aromatic carbocycles. The van der Waals surface area contributed by atoms with E-state index in [2.05, 4.69) is 0 Å². The molecule has 3 aromatic rings. The lowest BCUT2D eigenvalue weighted by Gasteiger charge is -2.31. The van der Waals surface area contributed by atoms with E-state index in [-0.39, 0.29) is 21.9 Å². The molecule has 4 nitrogen and oxygen atoms in total. The van der Waals surface area contributed by atoms with Crippen molar-refractivity contribution in [2.24, 2.45) is 0 Å². The van der Waals surface area contributed by atoms with Crippen LogP contribution in [0.15, 0.2) is 32.7 Å². The normalized spacial score (nSPS) is 18.2. The number of hydrogen-bond acceptors (Lipinski definition) is 2. The van der Waals surface area contributed by atoms with E-state index in [1.54, 1.807) is 13.8 Å². The standard InChI is InChI=1S/C16H10BF5N2O2/c1-7-3-9-13(25-7)5-11-15(16(18,19)20)12-6-14-10(4-8(2)26-14)24(12)17(21,22)23(9)11/h3-6H,1-2H3. The van der Waals surface area contributed by atoms with Gasteiger partial charge in [-0.15, -0.1) is 0 Å². The van der Waals surface area contributed by atoms with Crippen molar-refractivity contribution in [1.29, 1.82) is 0 Å². The Labute approximate surface area is 142 Å². The van der Waals surface area contributed by atoms with Gasteiger partial charge in [0.2, 0.25) is 5.36 Å². The van der Waals surface area contributed by atoms with Crippen LogP contribution in [0.4, 0.5) is 21.8 Å². The van der Waals surface area contributed by atoms with E-state index in [4.69, 9.17) is 8.83 Å². The van der Waals surface area contributed by atoms with Crippen LogP contribution in [0.3, 0.4) is 0 Å². The third-order valence-electron chi connectivity index (χ3n) is 4.72. The van der Waals surface area contributed by atoms with Crippen LogP contribution in [0.1, 0.15) is 17.2 Å². The highest BCUT2D eigenvalue weighted by molar-refractivity contribution is 6.65. The van der Waals surface area contributed by atoms with Crippen molar-refractivity contribution in [3.8, 4) is 0 Å². The molecule has 26 heavy (non-hydrogen) atoms. The molecule has 5 rings (SSSR count). The van der Waals surface area contributed by atoms with Crippen LogP contribution in [0.2, 0.25) is 0 Å².